The molecule has 0 aliphatic heterocycles. The zero-order valence-corrected chi connectivity index (χ0v) is 7.58. The van der Waals surface area contributed by atoms with E-state index in [1.165, 1.54) is 0 Å². The van der Waals surface area contributed by atoms with Crippen LogP contribution in [0.5, 0.6) is 0 Å². The number of hydrogen-bond donors (Lipinski definition) is 3. The predicted molar refractivity (Wildman–Crippen MR) is 45.7 cm³/mol. The molecule has 2 atom stereocenters. The van der Waals surface area contributed by atoms with Gasteiger partial charge in [-0.2, -0.15) is 0 Å². The molecular formula is C8H17NO3. The van der Waals surface area contributed by atoms with Crippen LogP contribution in [0.2, 0.25) is 0 Å². The molecule has 0 aromatic rings. The minimum Gasteiger partial charge on any atom is -0.481 e. The number of carboxylic acid groups (broad SMARTS) is 1. The molecule has 4 nitrogen and oxygen atoms in total. The largest absolute Gasteiger partial charge is 0.481 e. The van der Waals surface area contributed by atoms with Gasteiger partial charge in [0.2, 0.25) is 0 Å². The van der Waals surface area contributed by atoms with Gasteiger partial charge in [0.05, 0.1) is 11.5 Å². The molecule has 0 bridgehead atoms. The van der Waals surface area contributed by atoms with Crippen LogP contribution in [-0.4, -0.2) is 28.8 Å². The van der Waals surface area contributed by atoms with Crippen molar-refractivity contribution in [2.24, 2.45) is 11.1 Å². The minimum atomic E-state index is -0.950. The maximum atomic E-state index is 10.8. The second-order valence-electron chi connectivity index (χ2n) is 3.20. The number of aliphatic hydroxyl groups is 1. The van der Waals surface area contributed by atoms with E-state index in [1.807, 2.05) is 0 Å². The van der Waals surface area contributed by atoms with E-state index in [2.05, 4.69) is 0 Å². The van der Waals surface area contributed by atoms with E-state index in [4.69, 9.17) is 15.9 Å². The van der Waals surface area contributed by atoms with Gasteiger partial charge in [0, 0.05) is 6.54 Å². The van der Waals surface area contributed by atoms with Gasteiger partial charge in [-0.1, -0.05) is 6.92 Å². The van der Waals surface area contributed by atoms with E-state index in [0.717, 1.165) is 0 Å². The van der Waals surface area contributed by atoms with E-state index >= 15 is 0 Å². The van der Waals surface area contributed by atoms with Crippen molar-refractivity contribution in [3.05, 3.63) is 0 Å². The van der Waals surface area contributed by atoms with Crippen molar-refractivity contribution < 1.29 is 15.0 Å². The van der Waals surface area contributed by atoms with Gasteiger partial charge in [0.25, 0.3) is 0 Å². The molecule has 0 fully saturated rings. The summed E-state index contributed by atoms with van der Waals surface area (Å²) in [5.74, 6) is -0.923. The van der Waals surface area contributed by atoms with Crippen LogP contribution in [0.25, 0.3) is 0 Å². The third-order valence-electron chi connectivity index (χ3n) is 2.21. The topological polar surface area (TPSA) is 83.5 Å². The summed E-state index contributed by atoms with van der Waals surface area (Å²) < 4.78 is 0. The molecule has 0 saturated heterocycles. The van der Waals surface area contributed by atoms with E-state index in [9.17, 15) is 4.79 Å². The predicted octanol–water partition coefficient (Wildman–Crippen LogP) is 0.197. The highest BCUT2D eigenvalue weighted by molar-refractivity contribution is 5.74. The molecule has 0 aromatic carbocycles. The fraction of sp³-hybridized carbons (Fsp3) is 0.875. The first-order valence-electron chi connectivity index (χ1n) is 4.10. The van der Waals surface area contributed by atoms with Crippen LogP contribution in [0.3, 0.4) is 0 Å². The van der Waals surface area contributed by atoms with Crippen LogP contribution in [0.4, 0.5) is 0 Å². The lowest BCUT2D eigenvalue weighted by molar-refractivity contribution is -0.150. The molecule has 0 aromatic heterocycles. The highest BCUT2D eigenvalue weighted by atomic mass is 16.4. The van der Waals surface area contributed by atoms with Gasteiger partial charge < -0.3 is 15.9 Å². The van der Waals surface area contributed by atoms with Gasteiger partial charge in [-0.25, -0.2) is 0 Å². The van der Waals surface area contributed by atoms with E-state index in [-0.39, 0.29) is 13.0 Å². The number of nitrogens with two attached hydrogens (primary N) is 1. The summed E-state index contributed by atoms with van der Waals surface area (Å²) in [6.45, 7) is 3.41. The Bertz CT molecular complexity index is 152. The third kappa shape index (κ3) is 2.46. The molecule has 0 aliphatic rings. The molecule has 12 heavy (non-hydrogen) atoms. The van der Waals surface area contributed by atoms with Gasteiger partial charge in [0.1, 0.15) is 0 Å². The third-order valence-corrected chi connectivity index (χ3v) is 2.21. The van der Waals surface area contributed by atoms with Crippen LogP contribution >= 0.6 is 0 Å². The Morgan fingerprint density at radius 2 is 2.17 bits per heavy atom. The summed E-state index contributed by atoms with van der Waals surface area (Å²) in [6, 6.07) is 0. The number of rotatable bonds is 5. The molecule has 0 heterocycles. The molecule has 0 rings (SSSR count). The van der Waals surface area contributed by atoms with Crippen LogP contribution in [-0.2, 0) is 4.79 Å². The number of aliphatic hydroxyl groups excluding tert-OH is 1. The summed E-state index contributed by atoms with van der Waals surface area (Å²) >= 11 is 0. The summed E-state index contributed by atoms with van der Waals surface area (Å²) in [7, 11) is 0. The van der Waals surface area contributed by atoms with E-state index in [0.29, 0.717) is 6.42 Å². The molecule has 0 spiro atoms. The smallest absolute Gasteiger partial charge is 0.311 e. The van der Waals surface area contributed by atoms with E-state index < -0.39 is 17.5 Å². The Labute approximate surface area is 72.4 Å². The lowest BCUT2D eigenvalue weighted by atomic mass is 9.80. The van der Waals surface area contributed by atoms with Crippen molar-refractivity contribution in [2.45, 2.75) is 32.8 Å². The van der Waals surface area contributed by atoms with Gasteiger partial charge in [-0.15, -0.1) is 0 Å². The van der Waals surface area contributed by atoms with Gasteiger partial charge in [0.15, 0.2) is 0 Å². The van der Waals surface area contributed by atoms with Crippen LogP contribution in [0, 0.1) is 5.41 Å². The molecule has 0 amide bonds. The van der Waals surface area contributed by atoms with Crippen molar-refractivity contribution >= 4 is 5.97 Å². The van der Waals surface area contributed by atoms with Gasteiger partial charge in [-0.05, 0) is 19.8 Å². The molecule has 4 heteroatoms. The lowest BCUT2D eigenvalue weighted by Crippen LogP contribution is -2.40. The Kier molecular flexibility index (Phi) is 4.20. The zero-order valence-electron chi connectivity index (χ0n) is 7.58. The number of aliphatic carboxylic acids is 1. The second kappa shape index (κ2) is 4.42. The average molecular weight is 175 g/mol. The van der Waals surface area contributed by atoms with Crippen LogP contribution in [0.15, 0.2) is 0 Å². The molecule has 2 unspecified atom stereocenters. The lowest BCUT2D eigenvalue weighted by Gasteiger charge is -2.27. The molecule has 72 valence electrons. The maximum Gasteiger partial charge on any atom is 0.311 e. The number of carboxylic acids is 1. The van der Waals surface area contributed by atoms with Crippen molar-refractivity contribution in [3.63, 3.8) is 0 Å². The monoisotopic (exact) mass is 175 g/mol. The van der Waals surface area contributed by atoms with Crippen molar-refractivity contribution in [1.82, 2.24) is 0 Å². The SMILES string of the molecule is CCC(CN)(CC(C)O)C(=O)O. The highest BCUT2D eigenvalue weighted by Crippen LogP contribution is 2.26. The Hall–Kier alpha value is -0.610. The quantitative estimate of drug-likeness (QED) is 0.557. The first-order chi connectivity index (χ1) is 5.48. The molecule has 0 saturated carbocycles. The molecular weight excluding hydrogens is 158 g/mol. The first-order valence-corrected chi connectivity index (χ1v) is 4.10. The highest BCUT2D eigenvalue weighted by Gasteiger charge is 2.36. The van der Waals surface area contributed by atoms with Crippen molar-refractivity contribution in [1.29, 1.82) is 0 Å². The summed E-state index contributed by atoms with van der Waals surface area (Å²) in [5.41, 5.74) is 4.43. The first kappa shape index (κ1) is 11.4. The van der Waals surface area contributed by atoms with E-state index in [1.54, 1.807) is 13.8 Å². The zero-order chi connectivity index (χ0) is 9.78. The normalized spacial score (nSPS) is 18.3. The summed E-state index contributed by atoms with van der Waals surface area (Å²) in [5, 5.41) is 18.0. The van der Waals surface area contributed by atoms with Crippen molar-refractivity contribution in [3.8, 4) is 0 Å². The number of hydrogen-bond acceptors (Lipinski definition) is 3. The number of carbonyl (C=O) groups is 1. The minimum absolute atomic E-state index is 0.0731. The fourth-order valence-electron chi connectivity index (χ4n) is 1.26. The van der Waals surface area contributed by atoms with Crippen LogP contribution in [0.1, 0.15) is 26.7 Å². The second-order valence-corrected chi connectivity index (χ2v) is 3.20. The molecule has 0 aliphatic carbocycles. The van der Waals surface area contributed by atoms with Crippen LogP contribution < -0.4 is 5.73 Å². The Morgan fingerprint density at radius 3 is 2.25 bits per heavy atom. The van der Waals surface area contributed by atoms with Gasteiger partial charge >= 0.3 is 5.97 Å². The summed E-state index contributed by atoms with van der Waals surface area (Å²) in [4.78, 5) is 10.8. The van der Waals surface area contributed by atoms with Crippen molar-refractivity contribution in [2.75, 3.05) is 6.54 Å². The fourth-order valence-corrected chi connectivity index (χ4v) is 1.26. The van der Waals surface area contributed by atoms with Gasteiger partial charge in [-0.3, -0.25) is 4.79 Å². The molecule has 4 N–H and O–H groups in total. The maximum absolute atomic E-state index is 10.8. The average Bonchev–Trinajstić information content (AvgIpc) is 1.99. The standard InChI is InChI=1S/C8H17NO3/c1-3-8(5-9,7(11)12)4-6(2)10/h6,10H,3-5,9H2,1-2H3,(H,11,12). The molecule has 0 radical (unpaired) electrons. The Morgan fingerprint density at radius 1 is 1.67 bits per heavy atom. The summed E-state index contributed by atoms with van der Waals surface area (Å²) in [6.07, 6.45) is 0.0450. The Balaban J connectivity index is 4.46.